The summed E-state index contributed by atoms with van der Waals surface area (Å²) in [5, 5.41) is 19.5. The number of benzene rings is 1. The molecular weight excluding hydrogens is 489 g/mol. The van der Waals surface area contributed by atoms with Gasteiger partial charge in [-0.25, -0.2) is 23.8 Å². The summed E-state index contributed by atoms with van der Waals surface area (Å²) in [6.45, 7) is 8.91. The molecule has 0 saturated carbocycles. The molecular formula is C23H23ClFN9O2. The molecule has 1 aromatic carbocycles. The number of anilines is 2. The van der Waals surface area contributed by atoms with E-state index in [0.29, 0.717) is 5.69 Å². The van der Waals surface area contributed by atoms with Gasteiger partial charge in [0.15, 0.2) is 5.82 Å². The first-order valence-corrected chi connectivity index (χ1v) is 10.7. The van der Waals surface area contributed by atoms with Gasteiger partial charge in [-0.1, -0.05) is 18.2 Å². The zero-order valence-corrected chi connectivity index (χ0v) is 20.4. The van der Waals surface area contributed by atoms with E-state index in [0.717, 1.165) is 12.5 Å². The molecule has 13 heteroatoms. The van der Waals surface area contributed by atoms with E-state index >= 15 is 0 Å². The van der Waals surface area contributed by atoms with Gasteiger partial charge in [-0.2, -0.15) is 10.4 Å². The minimum absolute atomic E-state index is 0.0499. The van der Waals surface area contributed by atoms with Gasteiger partial charge in [0.2, 0.25) is 0 Å². The Kier molecular flexibility index (Phi) is 7.45. The minimum atomic E-state index is -0.711. The number of nitriles is 1. The van der Waals surface area contributed by atoms with Crippen molar-refractivity contribution in [3.8, 4) is 11.8 Å². The van der Waals surface area contributed by atoms with E-state index in [9.17, 15) is 14.4 Å². The molecule has 0 aliphatic rings. The lowest BCUT2D eigenvalue weighted by Gasteiger charge is -2.19. The number of allylic oxidation sites excluding steroid dienone is 1. The van der Waals surface area contributed by atoms with Crippen molar-refractivity contribution in [1.82, 2.24) is 20.1 Å². The Bertz CT molecular complexity index is 1450. The maximum absolute atomic E-state index is 14.6. The van der Waals surface area contributed by atoms with E-state index in [4.69, 9.17) is 27.8 Å². The molecule has 0 atom stereocenters. The number of aromatic nitrogens is 3. The third kappa shape index (κ3) is 6.08. The van der Waals surface area contributed by atoms with E-state index in [1.807, 2.05) is 6.07 Å². The highest BCUT2D eigenvalue weighted by Crippen LogP contribution is 2.31. The molecule has 36 heavy (non-hydrogen) atoms. The van der Waals surface area contributed by atoms with Gasteiger partial charge in [0.1, 0.15) is 34.5 Å². The van der Waals surface area contributed by atoms with E-state index in [1.165, 1.54) is 29.1 Å². The standard InChI is InChI=1S/C23H23ClFN9O2/c1-12(31-22(35)36-23(2,3)4)5-18(30-11-27)32-21-15-10-34(33-19(15)17(25)9-29-21)20-13(8-26)6-14(28)7-16(20)24/h5-7,9-11H,1,28H2,2-4H3,(H2,27,30)(H,29,32)(H,31,35)/b18-5+. The number of amides is 1. The topological polar surface area (TPSA) is 169 Å². The van der Waals surface area contributed by atoms with Crippen molar-refractivity contribution in [2.24, 2.45) is 10.7 Å². The number of nitrogens with zero attached hydrogens (tertiary/aromatic N) is 5. The number of nitrogens with two attached hydrogens (primary N) is 2. The first kappa shape index (κ1) is 26.0. The Morgan fingerprint density at radius 3 is 2.78 bits per heavy atom. The number of carbonyl (C=O) groups is 1. The second kappa shape index (κ2) is 10.3. The highest BCUT2D eigenvalue weighted by Gasteiger charge is 2.19. The van der Waals surface area contributed by atoms with Crippen molar-refractivity contribution in [3.63, 3.8) is 0 Å². The molecule has 1 amide bonds. The van der Waals surface area contributed by atoms with Crippen molar-refractivity contribution >= 4 is 46.4 Å². The summed E-state index contributed by atoms with van der Waals surface area (Å²) >= 11 is 6.31. The van der Waals surface area contributed by atoms with Gasteiger partial charge in [-0.3, -0.25) is 5.32 Å². The number of ether oxygens (including phenoxy) is 1. The Morgan fingerprint density at radius 2 is 2.14 bits per heavy atom. The molecule has 0 fully saturated rings. The third-order valence-corrected chi connectivity index (χ3v) is 4.66. The van der Waals surface area contributed by atoms with Crippen LogP contribution in [-0.4, -0.2) is 32.8 Å². The smallest absolute Gasteiger partial charge is 0.412 e. The zero-order valence-electron chi connectivity index (χ0n) is 19.6. The van der Waals surface area contributed by atoms with Crippen LogP contribution in [0.1, 0.15) is 26.3 Å². The first-order valence-electron chi connectivity index (χ1n) is 10.4. The lowest BCUT2D eigenvalue weighted by Crippen LogP contribution is -2.31. The fourth-order valence-corrected chi connectivity index (χ4v) is 3.39. The number of alkyl carbamates (subject to hydrolysis) is 1. The molecule has 0 bridgehead atoms. The van der Waals surface area contributed by atoms with Crippen LogP contribution in [0.2, 0.25) is 5.02 Å². The van der Waals surface area contributed by atoms with Crippen LogP contribution in [0.4, 0.5) is 20.7 Å². The first-order chi connectivity index (χ1) is 16.9. The normalized spacial score (nSPS) is 11.9. The number of carbonyl (C=O) groups excluding carboxylic acids is 1. The highest BCUT2D eigenvalue weighted by atomic mass is 35.5. The van der Waals surface area contributed by atoms with Gasteiger partial charge in [0.25, 0.3) is 0 Å². The van der Waals surface area contributed by atoms with Crippen molar-refractivity contribution < 1.29 is 13.9 Å². The van der Waals surface area contributed by atoms with Crippen molar-refractivity contribution in [1.29, 1.82) is 5.26 Å². The van der Waals surface area contributed by atoms with Gasteiger partial charge in [-0.05, 0) is 32.9 Å². The Labute approximate surface area is 210 Å². The van der Waals surface area contributed by atoms with Crippen LogP contribution in [0.15, 0.2) is 53.7 Å². The zero-order chi connectivity index (χ0) is 26.6. The van der Waals surface area contributed by atoms with Crippen molar-refractivity contribution in [2.45, 2.75) is 26.4 Å². The monoisotopic (exact) mass is 511 g/mol. The number of hydrogen-bond donors (Lipinski definition) is 4. The Balaban J connectivity index is 2.00. The molecule has 6 N–H and O–H groups in total. The summed E-state index contributed by atoms with van der Waals surface area (Å²) in [5.41, 5.74) is 11.3. The SMILES string of the molecule is C=C(/C=C(\N=C/N)Nc1ncc(F)c2nn(-c3c(Cl)cc(N)cc3C#N)cc12)NC(=O)OC(C)(C)C. The third-order valence-electron chi connectivity index (χ3n) is 4.37. The number of nitrogens with one attached hydrogen (secondary N) is 2. The predicted molar refractivity (Wildman–Crippen MR) is 136 cm³/mol. The average molecular weight is 512 g/mol. The van der Waals surface area contributed by atoms with Crippen LogP contribution >= 0.6 is 11.6 Å². The van der Waals surface area contributed by atoms with E-state index in [2.05, 4.69) is 32.3 Å². The Hall–Kier alpha value is -4.63. The second-order valence-corrected chi connectivity index (χ2v) is 8.79. The maximum atomic E-state index is 14.6. The van der Waals surface area contributed by atoms with Crippen LogP contribution in [0, 0.1) is 17.1 Å². The molecule has 0 unspecified atom stereocenters. The number of aliphatic imine (C=N–C) groups is 1. The summed E-state index contributed by atoms with van der Waals surface area (Å²) in [6, 6.07) is 4.89. The van der Waals surface area contributed by atoms with E-state index in [-0.39, 0.29) is 44.5 Å². The molecule has 2 aromatic heterocycles. The molecule has 2 heterocycles. The van der Waals surface area contributed by atoms with Crippen molar-refractivity contribution in [3.05, 3.63) is 65.1 Å². The summed E-state index contributed by atoms with van der Waals surface area (Å²) in [5.74, 6) is -0.428. The van der Waals surface area contributed by atoms with E-state index < -0.39 is 17.5 Å². The lowest BCUT2D eigenvalue weighted by atomic mass is 10.1. The van der Waals surface area contributed by atoms with Gasteiger partial charge >= 0.3 is 6.09 Å². The maximum Gasteiger partial charge on any atom is 0.412 e. The van der Waals surface area contributed by atoms with Crippen LogP contribution in [0.25, 0.3) is 16.6 Å². The molecule has 0 aliphatic heterocycles. The van der Waals surface area contributed by atoms with Crippen LogP contribution in [0.5, 0.6) is 0 Å². The molecule has 0 radical (unpaired) electrons. The fraction of sp³-hybridized carbons (Fsp3) is 0.174. The molecule has 0 aliphatic carbocycles. The molecule has 186 valence electrons. The number of fused-ring (bicyclic) bond motifs is 1. The molecule has 11 nitrogen and oxygen atoms in total. The molecule has 0 saturated heterocycles. The second-order valence-electron chi connectivity index (χ2n) is 8.39. The minimum Gasteiger partial charge on any atom is -0.444 e. The number of hydrogen-bond acceptors (Lipinski definition) is 8. The van der Waals surface area contributed by atoms with Gasteiger partial charge < -0.3 is 21.5 Å². The fourth-order valence-electron chi connectivity index (χ4n) is 3.07. The number of pyridine rings is 1. The number of rotatable bonds is 6. The number of nitrogen functional groups attached to an aromatic ring is 1. The highest BCUT2D eigenvalue weighted by molar-refractivity contribution is 6.33. The lowest BCUT2D eigenvalue weighted by molar-refractivity contribution is 0.0548. The van der Waals surface area contributed by atoms with Crippen LogP contribution in [0.3, 0.4) is 0 Å². The van der Waals surface area contributed by atoms with Gasteiger partial charge in [-0.15, -0.1) is 0 Å². The molecule has 3 aromatic rings. The predicted octanol–water partition coefficient (Wildman–Crippen LogP) is 3.95. The summed E-state index contributed by atoms with van der Waals surface area (Å²) in [6.07, 6.45) is 4.09. The average Bonchev–Trinajstić information content (AvgIpc) is 3.19. The summed E-state index contributed by atoms with van der Waals surface area (Å²) in [4.78, 5) is 20.1. The molecule has 0 spiro atoms. The largest absolute Gasteiger partial charge is 0.444 e. The summed E-state index contributed by atoms with van der Waals surface area (Å²) < 4.78 is 21.0. The van der Waals surface area contributed by atoms with Gasteiger partial charge in [0.05, 0.1) is 28.5 Å². The quantitative estimate of drug-likeness (QED) is 0.167. The molecule has 3 rings (SSSR count). The van der Waals surface area contributed by atoms with Crippen LogP contribution in [-0.2, 0) is 4.74 Å². The van der Waals surface area contributed by atoms with Crippen molar-refractivity contribution in [2.75, 3.05) is 11.1 Å². The van der Waals surface area contributed by atoms with E-state index in [1.54, 1.807) is 20.8 Å². The number of halogens is 2. The van der Waals surface area contributed by atoms with Crippen LogP contribution < -0.4 is 22.1 Å². The van der Waals surface area contributed by atoms with Gasteiger partial charge in [0, 0.05) is 23.7 Å². The summed E-state index contributed by atoms with van der Waals surface area (Å²) in [7, 11) is 0. The Morgan fingerprint density at radius 1 is 1.42 bits per heavy atom.